The van der Waals surface area contributed by atoms with Gasteiger partial charge in [0.05, 0.1) is 6.61 Å². The minimum absolute atomic E-state index is 0.167. The lowest BCUT2D eigenvalue weighted by molar-refractivity contribution is -0.146. The van der Waals surface area contributed by atoms with Gasteiger partial charge in [0.1, 0.15) is 12.6 Å². The molecule has 1 amide bonds. The van der Waals surface area contributed by atoms with Crippen LogP contribution in [0.4, 0.5) is 0 Å². The molecule has 0 saturated carbocycles. The summed E-state index contributed by atoms with van der Waals surface area (Å²) < 4.78 is 10.5. The molecule has 0 saturated heterocycles. The van der Waals surface area contributed by atoms with Crippen LogP contribution in [0.3, 0.4) is 0 Å². The van der Waals surface area contributed by atoms with Gasteiger partial charge in [-0.1, -0.05) is 24.3 Å². The molecule has 7 heteroatoms. The Morgan fingerprint density at radius 1 is 1.26 bits per heavy atom. The van der Waals surface area contributed by atoms with Gasteiger partial charge in [0.2, 0.25) is 0 Å². The molecule has 2 aromatic rings. The lowest BCUT2D eigenvalue weighted by atomic mass is 9.79. The maximum absolute atomic E-state index is 12.4. The first-order valence-corrected chi connectivity index (χ1v) is 8.82. The van der Waals surface area contributed by atoms with Crippen molar-refractivity contribution in [2.45, 2.75) is 40.0 Å². The lowest BCUT2D eigenvalue weighted by Gasteiger charge is -2.15. The molecule has 0 spiro atoms. The predicted molar refractivity (Wildman–Crippen MR) is 101 cm³/mol. The maximum Gasteiger partial charge on any atom is 0.491 e. The number of nitrogens with one attached hydrogen (secondary N) is 1. The molecule has 0 bridgehead atoms. The Morgan fingerprint density at radius 2 is 1.96 bits per heavy atom. The second-order valence-corrected chi connectivity index (χ2v) is 6.75. The number of amides is 1. The predicted octanol–water partition coefficient (Wildman–Crippen LogP) is 1.38. The molecule has 0 unspecified atom stereocenters. The van der Waals surface area contributed by atoms with E-state index in [2.05, 4.69) is 5.32 Å². The molecule has 0 radical (unpaired) electrons. The molecular formula is C20H22BNO5. The fourth-order valence-electron chi connectivity index (χ4n) is 3.04. The molecule has 0 aromatic heterocycles. The zero-order valence-electron chi connectivity index (χ0n) is 15.6. The summed E-state index contributed by atoms with van der Waals surface area (Å²) in [5.74, 6) is -0.913. The van der Waals surface area contributed by atoms with Gasteiger partial charge in [0, 0.05) is 5.56 Å². The van der Waals surface area contributed by atoms with Crippen molar-refractivity contribution >= 4 is 24.5 Å². The Labute approximate surface area is 158 Å². The van der Waals surface area contributed by atoms with Gasteiger partial charge in [-0.3, -0.25) is 4.79 Å². The van der Waals surface area contributed by atoms with Gasteiger partial charge in [0.25, 0.3) is 5.91 Å². The van der Waals surface area contributed by atoms with E-state index < -0.39 is 25.0 Å². The summed E-state index contributed by atoms with van der Waals surface area (Å²) in [5.41, 5.74) is 4.86. The van der Waals surface area contributed by atoms with Gasteiger partial charge in [-0.05, 0) is 60.6 Å². The Kier molecular flexibility index (Phi) is 5.63. The zero-order valence-corrected chi connectivity index (χ0v) is 15.6. The number of hydrogen-bond acceptors (Lipinski definition) is 5. The SMILES string of the molecule is Cc1cccc(C)c1COC(=O)[C@H](C)NC(=O)c1ccc2c(c1)B(O)OC2. The average molecular weight is 367 g/mol. The number of aryl methyl sites for hydroxylation is 2. The van der Waals surface area contributed by atoms with E-state index in [1.807, 2.05) is 32.0 Å². The molecule has 1 aliphatic rings. The number of ether oxygens (including phenoxy) is 1. The summed E-state index contributed by atoms with van der Waals surface area (Å²) in [6.45, 7) is 6.00. The normalized spacial score (nSPS) is 13.9. The van der Waals surface area contributed by atoms with Gasteiger partial charge in [-0.2, -0.15) is 0 Å². The van der Waals surface area contributed by atoms with Crippen LogP contribution in [0.1, 0.15) is 39.5 Å². The summed E-state index contributed by atoms with van der Waals surface area (Å²) in [4.78, 5) is 24.7. The molecule has 0 fully saturated rings. The summed E-state index contributed by atoms with van der Waals surface area (Å²) in [5, 5.41) is 12.4. The number of hydrogen-bond donors (Lipinski definition) is 2. The topological polar surface area (TPSA) is 84.9 Å². The van der Waals surface area contributed by atoms with Crippen molar-refractivity contribution in [1.29, 1.82) is 0 Å². The van der Waals surface area contributed by atoms with Crippen LogP contribution in [0, 0.1) is 13.8 Å². The van der Waals surface area contributed by atoms with Crippen molar-refractivity contribution in [1.82, 2.24) is 5.32 Å². The third kappa shape index (κ3) is 4.20. The lowest BCUT2D eigenvalue weighted by Crippen LogP contribution is -2.40. The summed E-state index contributed by atoms with van der Waals surface area (Å²) in [7, 11) is -1.02. The molecule has 27 heavy (non-hydrogen) atoms. The number of fused-ring (bicyclic) bond motifs is 1. The van der Waals surface area contributed by atoms with E-state index in [1.54, 1.807) is 25.1 Å². The monoisotopic (exact) mass is 367 g/mol. The van der Waals surface area contributed by atoms with Gasteiger partial charge in [-0.25, -0.2) is 4.79 Å². The zero-order chi connectivity index (χ0) is 19.6. The maximum atomic E-state index is 12.4. The van der Waals surface area contributed by atoms with Crippen LogP contribution in [-0.2, 0) is 27.4 Å². The van der Waals surface area contributed by atoms with Crippen LogP contribution in [-0.4, -0.2) is 30.1 Å². The van der Waals surface area contributed by atoms with Gasteiger partial charge < -0.3 is 19.7 Å². The third-order valence-electron chi connectivity index (χ3n) is 4.78. The highest BCUT2D eigenvalue weighted by molar-refractivity contribution is 6.61. The van der Waals surface area contributed by atoms with Crippen LogP contribution in [0.2, 0.25) is 0 Å². The number of rotatable bonds is 5. The van der Waals surface area contributed by atoms with Crippen molar-refractivity contribution in [2.75, 3.05) is 0 Å². The number of carbonyl (C=O) groups is 2. The van der Waals surface area contributed by atoms with Crippen LogP contribution in [0.5, 0.6) is 0 Å². The number of esters is 1. The van der Waals surface area contributed by atoms with Gasteiger partial charge >= 0.3 is 13.1 Å². The molecule has 140 valence electrons. The van der Waals surface area contributed by atoms with E-state index in [9.17, 15) is 14.6 Å². The Balaban J connectivity index is 1.60. The van der Waals surface area contributed by atoms with Crippen LogP contribution in [0.15, 0.2) is 36.4 Å². The highest BCUT2D eigenvalue weighted by Crippen LogP contribution is 2.15. The summed E-state index contributed by atoms with van der Waals surface area (Å²) >= 11 is 0. The van der Waals surface area contributed by atoms with Crippen molar-refractivity contribution in [3.63, 3.8) is 0 Å². The molecule has 0 aliphatic carbocycles. The molecule has 1 heterocycles. The Bertz CT molecular complexity index is 862. The van der Waals surface area contributed by atoms with Gasteiger partial charge in [0.15, 0.2) is 0 Å². The smallest absolute Gasteiger partial charge is 0.459 e. The van der Waals surface area contributed by atoms with E-state index in [0.717, 1.165) is 22.3 Å². The molecule has 2 N–H and O–H groups in total. The first-order chi connectivity index (χ1) is 12.9. The Hall–Kier alpha value is -2.64. The number of benzene rings is 2. The van der Waals surface area contributed by atoms with E-state index in [0.29, 0.717) is 17.6 Å². The molecular weight excluding hydrogens is 345 g/mol. The van der Waals surface area contributed by atoms with E-state index in [4.69, 9.17) is 9.39 Å². The van der Waals surface area contributed by atoms with Crippen molar-refractivity contribution < 1.29 is 24.0 Å². The minimum atomic E-state index is -1.02. The minimum Gasteiger partial charge on any atom is -0.459 e. The van der Waals surface area contributed by atoms with Crippen LogP contribution < -0.4 is 10.8 Å². The van der Waals surface area contributed by atoms with Crippen molar-refractivity contribution in [3.05, 3.63) is 64.2 Å². The first-order valence-electron chi connectivity index (χ1n) is 8.82. The molecule has 3 rings (SSSR count). The van der Waals surface area contributed by atoms with Crippen molar-refractivity contribution in [3.8, 4) is 0 Å². The van der Waals surface area contributed by atoms with E-state index >= 15 is 0 Å². The standard InChI is InChI=1S/C20H22BNO5/c1-12-5-4-6-13(2)17(12)11-26-20(24)14(3)22-19(23)15-7-8-16-10-27-21(25)18(16)9-15/h4-9,14,25H,10-11H2,1-3H3,(H,22,23)/t14-/m0/s1. The fourth-order valence-corrected chi connectivity index (χ4v) is 3.04. The summed E-state index contributed by atoms with van der Waals surface area (Å²) in [6, 6.07) is 10.1. The number of carbonyl (C=O) groups excluding carboxylic acids is 2. The first kappa shape index (κ1) is 19.1. The van der Waals surface area contributed by atoms with Gasteiger partial charge in [-0.15, -0.1) is 0 Å². The molecule has 1 aliphatic heterocycles. The fraction of sp³-hybridized carbons (Fsp3) is 0.300. The third-order valence-corrected chi connectivity index (χ3v) is 4.78. The quantitative estimate of drug-likeness (QED) is 0.616. The molecule has 6 nitrogen and oxygen atoms in total. The largest absolute Gasteiger partial charge is 0.491 e. The average Bonchev–Trinajstić information content (AvgIpc) is 3.01. The molecule has 1 atom stereocenters. The highest BCUT2D eigenvalue weighted by atomic mass is 16.5. The Morgan fingerprint density at radius 3 is 2.67 bits per heavy atom. The van der Waals surface area contributed by atoms with E-state index in [-0.39, 0.29) is 6.61 Å². The summed E-state index contributed by atoms with van der Waals surface area (Å²) in [6.07, 6.45) is 0. The highest BCUT2D eigenvalue weighted by Gasteiger charge is 2.28. The molecule has 2 aromatic carbocycles. The van der Waals surface area contributed by atoms with E-state index in [1.165, 1.54) is 0 Å². The second-order valence-electron chi connectivity index (χ2n) is 6.75. The van der Waals surface area contributed by atoms with Crippen molar-refractivity contribution in [2.24, 2.45) is 0 Å². The van der Waals surface area contributed by atoms with Crippen LogP contribution in [0.25, 0.3) is 0 Å². The van der Waals surface area contributed by atoms with Crippen LogP contribution >= 0.6 is 0 Å². The second kappa shape index (κ2) is 7.94.